The van der Waals surface area contributed by atoms with Gasteiger partial charge in [0.15, 0.2) is 0 Å². The fourth-order valence-electron chi connectivity index (χ4n) is 3.85. The highest BCUT2D eigenvalue weighted by Crippen LogP contribution is 2.45. The SMILES string of the molecule is CCOc1cc(/C(O)=C2/C(=O)C(=O)N(c3cc(C)ccc3O)C2c2ccc(C)o2)ccc1Cl. The minimum atomic E-state index is -1.09. The van der Waals surface area contributed by atoms with Crippen molar-refractivity contribution in [1.29, 1.82) is 0 Å². The van der Waals surface area contributed by atoms with E-state index in [4.69, 9.17) is 20.8 Å². The van der Waals surface area contributed by atoms with E-state index in [9.17, 15) is 19.8 Å². The number of aliphatic hydroxyl groups is 1. The molecule has 1 aliphatic rings. The summed E-state index contributed by atoms with van der Waals surface area (Å²) in [6, 6.07) is 11.5. The van der Waals surface area contributed by atoms with Crippen LogP contribution in [0.5, 0.6) is 11.5 Å². The summed E-state index contributed by atoms with van der Waals surface area (Å²) in [5, 5.41) is 22.0. The van der Waals surface area contributed by atoms with Crippen molar-refractivity contribution in [2.24, 2.45) is 0 Å². The molecule has 0 saturated carbocycles. The van der Waals surface area contributed by atoms with Crippen molar-refractivity contribution in [2.75, 3.05) is 11.5 Å². The molecule has 1 aromatic heterocycles. The Kier molecular flexibility index (Phi) is 5.91. The third-order valence-corrected chi connectivity index (χ3v) is 5.68. The summed E-state index contributed by atoms with van der Waals surface area (Å²) >= 11 is 6.16. The van der Waals surface area contributed by atoms with E-state index in [0.717, 1.165) is 10.5 Å². The van der Waals surface area contributed by atoms with Crippen LogP contribution in [0.25, 0.3) is 5.76 Å². The number of furan rings is 1. The molecule has 8 heteroatoms. The van der Waals surface area contributed by atoms with Crippen LogP contribution in [0, 0.1) is 13.8 Å². The highest BCUT2D eigenvalue weighted by Gasteiger charge is 2.49. The maximum atomic E-state index is 13.2. The number of amides is 1. The van der Waals surface area contributed by atoms with E-state index in [1.807, 2.05) is 0 Å². The van der Waals surface area contributed by atoms with Gasteiger partial charge in [0.05, 0.1) is 22.9 Å². The standard InChI is InChI=1S/C25H22ClNO6/c1-4-32-20-12-15(7-8-16(20)26)23(29)21-22(19-10-6-14(3)33-19)27(25(31)24(21)30)17-11-13(2)5-9-18(17)28/h5-12,22,28-29H,4H2,1-3H3/b23-21-. The number of hydrogen-bond acceptors (Lipinski definition) is 6. The molecule has 0 spiro atoms. The molecule has 2 N–H and O–H groups in total. The van der Waals surface area contributed by atoms with Crippen LogP contribution < -0.4 is 9.64 Å². The van der Waals surface area contributed by atoms with Gasteiger partial charge in [0.25, 0.3) is 11.7 Å². The maximum absolute atomic E-state index is 13.2. The molecule has 1 fully saturated rings. The molecule has 1 saturated heterocycles. The first kappa shape index (κ1) is 22.5. The number of phenols is 1. The van der Waals surface area contributed by atoms with E-state index in [1.54, 1.807) is 45.0 Å². The summed E-state index contributed by atoms with van der Waals surface area (Å²) in [7, 11) is 0. The Morgan fingerprint density at radius 2 is 1.88 bits per heavy atom. The number of halogens is 1. The predicted octanol–water partition coefficient (Wildman–Crippen LogP) is 5.28. The summed E-state index contributed by atoms with van der Waals surface area (Å²) in [5.74, 6) is -1.21. The number of ketones is 1. The lowest BCUT2D eigenvalue weighted by atomic mass is 9.99. The van der Waals surface area contributed by atoms with Gasteiger partial charge in [-0.1, -0.05) is 17.7 Å². The summed E-state index contributed by atoms with van der Waals surface area (Å²) in [5.41, 5.74) is 1.00. The lowest BCUT2D eigenvalue weighted by Crippen LogP contribution is -2.29. The number of aliphatic hydroxyl groups excluding tert-OH is 1. The molecule has 4 rings (SSSR count). The minimum absolute atomic E-state index is 0.140. The molecule has 3 aromatic rings. The fraction of sp³-hybridized carbons (Fsp3) is 0.200. The van der Waals surface area contributed by atoms with Gasteiger partial charge in [-0.3, -0.25) is 14.5 Å². The van der Waals surface area contributed by atoms with E-state index < -0.39 is 23.5 Å². The number of aromatic hydroxyl groups is 1. The number of Topliss-reactive ketones (excluding diaryl/α,β-unsaturated/α-hetero) is 1. The predicted molar refractivity (Wildman–Crippen MR) is 124 cm³/mol. The number of phenolic OH excluding ortho intramolecular Hbond substituents is 1. The van der Waals surface area contributed by atoms with Crippen molar-refractivity contribution in [3.63, 3.8) is 0 Å². The van der Waals surface area contributed by atoms with Gasteiger partial charge in [-0.25, -0.2) is 0 Å². The third kappa shape index (κ3) is 3.96. The van der Waals surface area contributed by atoms with Gasteiger partial charge >= 0.3 is 0 Å². The number of anilines is 1. The van der Waals surface area contributed by atoms with Gasteiger partial charge in [-0.05, 0) is 68.8 Å². The third-order valence-electron chi connectivity index (χ3n) is 5.37. The second kappa shape index (κ2) is 8.67. The fourth-order valence-corrected chi connectivity index (χ4v) is 4.02. The van der Waals surface area contributed by atoms with Crippen LogP contribution >= 0.6 is 11.6 Å². The van der Waals surface area contributed by atoms with Crippen molar-refractivity contribution in [2.45, 2.75) is 26.8 Å². The number of carbonyl (C=O) groups is 2. The number of ether oxygens (including phenoxy) is 1. The number of benzene rings is 2. The van der Waals surface area contributed by atoms with Crippen molar-refractivity contribution >= 4 is 34.7 Å². The van der Waals surface area contributed by atoms with Crippen LogP contribution in [0.3, 0.4) is 0 Å². The molecule has 7 nitrogen and oxygen atoms in total. The molecular formula is C25H22ClNO6. The van der Waals surface area contributed by atoms with E-state index >= 15 is 0 Å². The van der Waals surface area contributed by atoms with Crippen LogP contribution in [0.1, 0.15) is 35.6 Å². The molecule has 1 amide bonds. The topological polar surface area (TPSA) is 100 Å². The molecule has 170 valence electrons. The highest BCUT2D eigenvalue weighted by atomic mass is 35.5. The van der Waals surface area contributed by atoms with Crippen LogP contribution in [0.2, 0.25) is 5.02 Å². The summed E-state index contributed by atoms with van der Waals surface area (Å²) in [4.78, 5) is 27.5. The van der Waals surface area contributed by atoms with Gasteiger partial charge in [0.1, 0.15) is 34.8 Å². The van der Waals surface area contributed by atoms with Gasteiger partial charge in [0.2, 0.25) is 0 Å². The largest absolute Gasteiger partial charge is 0.507 e. The maximum Gasteiger partial charge on any atom is 0.300 e. The Hall–Kier alpha value is -3.71. The van der Waals surface area contributed by atoms with Gasteiger partial charge in [-0.15, -0.1) is 0 Å². The molecule has 1 aliphatic heterocycles. The Balaban J connectivity index is 1.95. The lowest BCUT2D eigenvalue weighted by molar-refractivity contribution is -0.132. The first-order valence-corrected chi connectivity index (χ1v) is 10.7. The van der Waals surface area contributed by atoms with Crippen LogP contribution in [-0.4, -0.2) is 28.5 Å². The normalized spacial score (nSPS) is 17.6. The van der Waals surface area contributed by atoms with Gasteiger partial charge in [-0.2, -0.15) is 0 Å². The zero-order chi connectivity index (χ0) is 23.9. The molecule has 1 unspecified atom stereocenters. The first-order chi connectivity index (χ1) is 15.7. The second-order valence-electron chi connectivity index (χ2n) is 7.69. The molecule has 33 heavy (non-hydrogen) atoms. The smallest absolute Gasteiger partial charge is 0.300 e. The number of aryl methyl sites for hydroxylation is 2. The van der Waals surface area contributed by atoms with Gasteiger partial charge < -0.3 is 19.4 Å². The van der Waals surface area contributed by atoms with E-state index in [1.165, 1.54) is 24.3 Å². The number of rotatable bonds is 5. The van der Waals surface area contributed by atoms with Crippen LogP contribution in [0.15, 0.2) is 58.5 Å². The molecule has 0 radical (unpaired) electrons. The highest BCUT2D eigenvalue weighted by molar-refractivity contribution is 6.51. The first-order valence-electron chi connectivity index (χ1n) is 10.3. The quantitative estimate of drug-likeness (QED) is 0.301. The molecule has 2 heterocycles. The number of nitrogens with zero attached hydrogens (tertiary/aromatic N) is 1. The van der Waals surface area contributed by atoms with Gasteiger partial charge in [0, 0.05) is 5.56 Å². The van der Waals surface area contributed by atoms with Crippen molar-refractivity contribution in [3.8, 4) is 11.5 Å². The Bertz CT molecular complexity index is 1290. The number of carbonyl (C=O) groups excluding carboxylic acids is 2. The van der Waals surface area contributed by atoms with E-state index in [0.29, 0.717) is 23.1 Å². The summed E-state index contributed by atoms with van der Waals surface area (Å²) < 4.78 is 11.3. The summed E-state index contributed by atoms with van der Waals surface area (Å²) in [6.07, 6.45) is 0. The minimum Gasteiger partial charge on any atom is -0.507 e. The lowest BCUT2D eigenvalue weighted by Gasteiger charge is -2.24. The van der Waals surface area contributed by atoms with Crippen molar-refractivity contribution in [3.05, 3.63) is 81.8 Å². The Morgan fingerprint density at radius 1 is 1.12 bits per heavy atom. The average Bonchev–Trinajstić information content (AvgIpc) is 3.32. The Labute approximate surface area is 195 Å². The zero-order valence-electron chi connectivity index (χ0n) is 18.3. The van der Waals surface area contributed by atoms with E-state index in [2.05, 4.69) is 0 Å². The molecule has 2 aromatic carbocycles. The van der Waals surface area contributed by atoms with Crippen LogP contribution in [0.4, 0.5) is 5.69 Å². The monoisotopic (exact) mass is 467 g/mol. The van der Waals surface area contributed by atoms with Crippen molar-refractivity contribution in [1.82, 2.24) is 0 Å². The second-order valence-corrected chi connectivity index (χ2v) is 8.10. The molecular weight excluding hydrogens is 446 g/mol. The van der Waals surface area contributed by atoms with Crippen LogP contribution in [-0.2, 0) is 9.59 Å². The average molecular weight is 468 g/mol. The molecule has 0 bridgehead atoms. The van der Waals surface area contributed by atoms with Crippen molar-refractivity contribution < 1.29 is 29.0 Å². The molecule has 1 atom stereocenters. The number of hydrogen-bond donors (Lipinski definition) is 2. The zero-order valence-corrected chi connectivity index (χ0v) is 19.0. The van der Waals surface area contributed by atoms with E-state index in [-0.39, 0.29) is 28.3 Å². The summed E-state index contributed by atoms with van der Waals surface area (Å²) in [6.45, 7) is 5.68. The Morgan fingerprint density at radius 3 is 2.55 bits per heavy atom. The molecule has 0 aliphatic carbocycles.